The Bertz CT molecular complexity index is 1030. The Labute approximate surface area is 218 Å². The molecule has 1 unspecified atom stereocenters. The Morgan fingerprint density at radius 1 is 1.09 bits per heavy atom. The average Bonchev–Trinajstić information content (AvgIpc) is 3.56. The monoisotopic (exact) mass is 575 g/mol. The molecule has 2 heterocycles. The first-order valence-corrected chi connectivity index (χ1v) is 11.6. The molecule has 9 heteroatoms. The van der Waals surface area contributed by atoms with Crippen molar-refractivity contribution >= 4 is 29.9 Å². The topological polar surface area (TPSA) is 79.6 Å². The van der Waals surface area contributed by atoms with Crippen molar-refractivity contribution in [3.8, 4) is 11.4 Å². The number of aromatic nitrogens is 3. The molecule has 1 fully saturated rings. The van der Waals surface area contributed by atoms with Gasteiger partial charge in [-0.05, 0) is 62.7 Å². The molecule has 1 aromatic heterocycles. The number of nitrogens with zero attached hydrogens (tertiary/aromatic N) is 5. The highest BCUT2D eigenvalue weighted by Crippen LogP contribution is 2.27. The lowest BCUT2D eigenvalue weighted by Crippen LogP contribution is -2.42. The molecule has 0 amide bonds. The zero-order valence-electron chi connectivity index (χ0n) is 19.9. The van der Waals surface area contributed by atoms with Gasteiger partial charge in [-0.3, -0.25) is 9.47 Å². The molecule has 1 aliphatic rings. The third kappa shape index (κ3) is 6.69. The number of aliphatic imine (C=N–C) groups is 1. The first-order valence-electron chi connectivity index (χ1n) is 11.6. The summed E-state index contributed by atoms with van der Waals surface area (Å²) in [5.41, 5.74) is 2.28. The summed E-state index contributed by atoms with van der Waals surface area (Å²) in [5, 5.41) is 15.3. The molecule has 1 atom stereocenters. The number of likely N-dealkylation sites (tertiary alicyclic amines) is 1. The Kier molecular flexibility index (Phi) is 10.1. The van der Waals surface area contributed by atoms with Crippen LogP contribution in [0.5, 0.6) is 5.75 Å². The van der Waals surface area contributed by atoms with E-state index in [-0.39, 0.29) is 30.0 Å². The highest BCUT2D eigenvalue weighted by molar-refractivity contribution is 14.0. The second-order valence-corrected chi connectivity index (χ2v) is 8.06. The van der Waals surface area contributed by atoms with Crippen molar-refractivity contribution in [2.45, 2.75) is 32.4 Å². The van der Waals surface area contributed by atoms with Gasteiger partial charge in [0.05, 0.1) is 13.2 Å². The van der Waals surface area contributed by atoms with Crippen LogP contribution in [-0.4, -0.2) is 58.9 Å². The fraction of sp³-hybridized carbons (Fsp3) is 0.400. The third-order valence-corrected chi connectivity index (χ3v) is 5.90. The first-order chi connectivity index (χ1) is 16.3. The summed E-state index contributed by atoms with van der Waals surface area (Å²) < 4.78 is 7.44. The lowest BCUT2D eigenvalue weighted by Gasteiger charge is -2.29. The van der Waals surface area contributed by atoms with E-state index in [1.165, 1.54) is 18.4 Å². The van der Waals surface area contributed by atoms with Crippen molar-refractivity contribution < 1.29 is 4.74 Å². The molecule has 0 radical (unpaired) electrons. The van der Waals surface area contributed by atoms with Crippen molar-refractivity contribution in [3.05, 3.63) is 72.3 Å². The van der Waals surface area contributed by atoms with Gasteiger partial charge in [-0.2, -0.15) is 0 Å². The van der Waals surface area contributed by atoms with Gasteiger partial charge in [-0.15, -0.1) is 34.2 Å². The maximum atomic E-state index is 5.47. The molecular weight excluding hydrogens is 541 g/mol. The lowest BCUT2D eigenvalue weighted by atomic mass is 10.1. The normalized spacial score (nSPS) is 14.9. The van der Waals surface area contributed by atoms with Gasteiger partial charge in [0, 0.05) is 18.8 Å². The number of rotatable bonds is 9. The van der Waals surface area contributed by atoms with Gasteiger partial charge < -0.3 is 15.4 Å². The Hall–Kier alpha value is -2.66. The van der Waals surface area contributed by atoms with Crippen LogP contribution in [-0.2, 0) is 6.54 Å². The van der Waals surface area contributed by atoms with E-state index in [0.29, 0.717) is 6.54 Å². The number of para-hydroxylation sites is 1. The minimum Gasteiger partial charge on any atom is -0.497 e. The maximum Gasteiger partial charge on any atom is 0.191 e. The molecule has 0 bridgehead atoms. The van der Waals surface area contributed by atoms with E-state index in [2.05, 4.69) is 50.9 Å². The van der Waals surface area contributed by atoms with Crippen LogP contribution in [0.4, 0.5) is 0 Å². The largest absolute Gasteiger partial charge is 0.497 e. The molecule has 0 saturated carbocycles. The highest BCUT2D eigenvalue weighted by atomic mass is 127. The van der Waals surface area contributed by atoms with Crippen LogP contribution in [0.3, 0.4) is 0 Å². The Morgan fingerprint density at radius 3 is 2.62 bits per heavy atom. The van der Waals surface area contributed by atoms with Crippen molar-refractivity contribution in [1.29, 1.82) is 0 Å². The van der Waals surface area contributed by atoms with E-state index >= 15 is 0 Å². The van der Waals surface area contributed by atoms with Gasteiger partial charge >= 0.3 is 0 Å². The summed E-state index contributed by atoms with van der Waals surface area (Å²) in [6.45, 7) is 6.26. The van der Waals surface area contributed by atoms with Crippen LogP contribution < -0.4 is 15.4 Å². The van der Waals surface area contributed by atoms with Gasteiger partial charge in [0.25, 0.3) is 0 Å². The van der Waals surface area contributed by atoms with Gasteiger partial charge in [-0.1, -0.05) is 30.3 Å². The van der Waals surface area contributed by atoms with Crippen LogP contribution in [0.25, 0.3) is 5.69 Å². The number of benzene rings is 2. The number of methoxy groups -OCH3 is 1. The number of ether oxygens (including phenoxy) is 1. The minimum absolute atomic E-state index is 0. The standard InChI is InChI=1S/C25H33N7O.HI/c1-3-26-25(28-18-24-30-29-19-32(24)21-11-5-4-6-12-21)27-17-23(31-14-7-8-15-31)20-10-9-13-22(16-20)33-2;/h4-6,9-13,16,19,23H,3,7-8,14-15,17-18H2,1-2H3,(H2,26,27,28);1H. The first kappa shape index (κ1) is 26.0. The van der Waals surface area contributed by atoms with Crippen LogP contribution in [0.15, 0.2) is 65.9 Å². The summed E-state index contributed by atoms with van der Waals surface area (Å²) in [7, 11) is 1.71. The summed E-state index contributed by atoms with van der Waals surface area (Å²) in [6.07, 6.45) is 4.21. The number of hydrogen-bond acceptors (Lipinski definition) is 5. The van der Waals surface area contributed by atoms with Crippen LogP contribution in [0.1, 0.15) is 37.2 Å². The van der Waals surface area contributed by atoms with E-state index in [1.807, 2.05) is 41.0 Å². The van der Waals surface area contributed by atoms with E-state index in [0.717, 1.165) is 49.4 Å². The lowest BCUT2D eigenvalue weighted by molar-refractivity contribution is 0.245. The fourth-order valence-electron chi connectivity index (χ4n) is 4.22. The fourth-order valence-corrected chi connectivity index (χ4v) is 4.22. The summed E-state index contributed by atoms with van der Waals surface area (Å²) in [5.74, 6) is 2.45. The molecule has 0 spiro atoms. The van der Waals surface area contributed by atoms with Gasteiger partial charge in [0.2, 0.25) is 0 Å². The molecule has 182 valence electrons. The minimum atomic E-state index is 0. The SMILES string of the molecule is CCNC(=NCc1nncn1-c1ccccc1)NCC(c1cccc(OC)c1)N1CCCC1.I. The quantitative estimate of drug-likeness (QED) is 0.230. The van der Waals surface area contributed by atoms with Crippen LogP contribution in [0, 0.1) is 0 Å². The number of nitrogens with one attached hydrogen (secondary N) is 2. The molecule has 0 aliphatic carbocycles. The number of halogens is 1. The zero-order chi connectivity index (χ0) is 22.9. The average molecular weight is 575 g/mol. The predicted molar refractivity (Wildman–Crippen MR) is 146 cm³/mol. The van der Waals surface area contributed by atoms with E-state index in [1.54, 1.807) is 13.4 Å². The molecular formula is C25H34IN7O. The number of hydrogen-bond donors (Lipinski definition) is 2. The van der Waals surface area contributed by atoms with Crippen molar-refractivity contribution in [2.24, 2.45) is 4.99 Å². The maximum absolute atomic E-state index is 5.47. The zero-order valence-corrected chi connectivity index (χ0v) is 22.2. The molecule has 2 aromatic carbocycles. The van der Waals surface area contributed by atoms with Crippen LogP contribution >= 0.6 is 24.0 Å². The number of guanidine groups is 1. The Balaban J connectivity index is 0.00000324. The molecule has 4 rings (SSSR count). The van der Waals surface area contributed by atoms with E-state index in [4.69, 9.17) is 9.73 Å². The van der Waals surface area contributed by atoms with Crippen molar-refractivity contribution in [2.75, 3.05) is 33.3 Å². The second-order valence-electron chi connectivity index (χ2n) is 8.06. The van der Waals surface area contributed by atoms with Crippen LogP contribution in [0.2, 0.25) is 0 Å². The molecule has 1 saturated heterocycles. The molecule has 3 aromatic rings. The summed E-state index contributed by atoms with van der Waals surface area (Å²) >= 11 is 0. The highest BCUT2D eigenvalue weighted by Gasteiger charge is 2.24. The molecule has 1 aliphatic heterocycles. The molecule has 8 nitrogen and oxygen atoms in total. The smallest absolute Gasteiger partial charge is 0.191 e. The third-order valence-electron chi connectivity index (χ3n) is 5.90. The van der Waals surface area contributed by atoms with Gasteiger partial charge in [0.1, 0.15) is 18.6 Å². The molecule has 34 heavy (non-hydrogen) atoms. The Morgan fingerprint density at radius 2 is 1.88 bits per heavy atom. The van der Waals surface area contributed by atoms with E-state index < -0.39 is 0 Å². The van der Waals surface area contributed by atoms with Crippen molar-refractivity contribution in [1.82, 2.24) is 30.3 Å². The summed E-state index contributed by atoms with van der Waals surface area (Å²) in [6, 6.07) is 18.7. The van der Waals surface area contributed by atoms with Crippen molar-refractivity contribution in [3.63, 3.8) is 0 Å². The van der Waals surface area contributed by atoms with Gasteiger partial charge in [0.15, 0.2) is 11.8 Å². The predicted octanol–water partition coefficient (Wildman–Crippen LogP) is 3.79. The molecule has 2 N–H and O–H groups in total. The van der Waals surface area contributed by atoms with Gasteiger partial charge in [-0.25, -0.2) is 4.99 Å². The summed E-state index contributed by atoms with van der Waals surface area (Å²) in [4.78, 5) is 7.34. The second kappa shape index (κ2) is 13.3. The van der Waals surface area contributed by atoms with E-state index in [9.17, 15) is 0 Å².